The van der Waals surface area contributed by atoms with Crippen molar-refractivity contribution < 1.29 is 4.74 Å². The van der Waals surface area contributed by atoms with Crippen LogP contribution in [0.25, 0.3) is 5.69 Å². The van der Waals surface area contributed by atoms with Gasteiger partial charge >= 0.3 is 0 Å². The number of benzene rings is 1. The van der Waals surface area contributed by atoms with E-state index in [0.717, 1.165) is 18.8 Å². The molecule has 20 heavy (non-hydrogen) atoms. The molecule has 0 aliphatic carbocycles. The minimum absolute atomic E-state index is 0.339. The lowest BCUT2D eigenvalue weighted by Crippen LogP contribution is -2.26. The van der Waals surface area contributed by atoms with E-state index in [9.17, 15) is 0 Å². The highest BCUT2D eigenvalue weighted by molar-refractivity contribution is 5.35. The van der Waals surface area contributed by atoms with Crippen LogP contribution in [-0.4, -0.2) is 29.8 Å². The van der Waals surface area contributed by atoms with E-state index in [1.165, 1.54) is 5.56 Å². The van der Waals surface area contributed by atoms with Crippen LogP contribution >= 0.6 is 0 Å². The molecule has 1 aromatic carbocycles. The zero-order valence-corrected chi connectivity index (χ0v) is 12.4. The van der Waals surface area contributed by atoms with E-state index >= 15 is 0 Å². The summed E-state index contributed by atoms with van der Waals surface area (Å²) in [6.07, 6.45) is 5.54. The number of hydrogen-bond acceptors (Lipinski definition) is 3. The monoisotopic (exact) mass is 273 g/mol. The Kier molecular flexibility index (Phi) is 5.32. The van der Waals surface area contributed by atoms with Gasteiger partial charge in [0, 0.05) is 44.4 Å². The predicted octanol–water partition coefficient (Wildman–Crippen LogP) is 2.81. The van der Waals surface area contributed by atoms with Gasteiger partial charge in [0.2, 0.25) is 0 Å². The van der Waals surface area contributed by atoms with Gasteiger partial charge in [-0.25, -0.2) is 4.98 Å². The largest absolute Gasteiger partial charge is 0.384 e. The molecule has 2 rings (SSSR count). The average molecular weight is 273 g/mol. The third-order valence-electron chi connectivity index (χ3n) is 3.42. The summed E-state index contributed by atoms with van der Waals surface area (Å²) < 4.78 is 7.15. The van der Waals surface area contributed by atoms with E-state index in [1.54, 1.807) is 13.3 Å². The molecule has 4 nitrogen and oxygen atoms in total. The summed E-state index contributed by atoms with van der Waals surface area (Å²) in [4.78, 5) is 4.06. The number of rotatable bonds is 7. The van der Waals surface area contributed by atoms with Crippen molar-refractivity contribution in [3.63, 3.8) is 0 Å². The molecule has 0 saturated heterocycles. The highest BCUT2D eigenvalue weighted by Gasteiger charge is 2.07. The third kappa shape index (κ3) is 3.92. The van der Waals surface area contributed by atoms with Crippen molar-refractivity contribution in [1.29, 1.82) is 0 Å². The molecule has 0 bridgehead atoms. The number of nitrogens with one attached hydrogen (secondary N) is 1. The van der Waals surface area contributed by atoms with E-state index < -0.39 is 0 Å². The van der Waals surface area contributed by atoms with Crippen LogP contribution in [0.3, 0.4) is 0 Å². The second kappa shape index (κ2) is 7.22. The zero-order chi connectivity index (χ0) is 14.4. The van der Waals surface area contributed by atoms with Crippen molar-refractivity contribution in [3.05, 3.63) is 48.5 Å². The summed E-state index contributed by atoms with van der Waals surface area (Å²) in [6.45, 7) is 6.12. The summed E-state index contributed by atoms with van der Waals surface area (Å²) in [5.74, 6) is 0.521. The second-order valence-corrected chi connectivity index (χ2v) is 5.25. The minimum atomic E-state index is 0.339. The molecule has 0 radical (unpaired) electrons. The van der Waals surface area contributed by atoms with Gasteiger partial charge in [-0.3, -0.25) is 0 Å². The molecule has 2 aromatic rings. The zero-order valence-electron chi connectivity index (χ0n) is 12.4. The Balaban J connectivity index is 1.92. The number of imidazole rings is 1. The van der Waals surface area contributed by atoms with Gasteiger partial charge in [0.1, 0.15) is 0 Å². The summed E-state index contributed by atoms with van der Waals surface area (Å²) in [6, 6.07) is 8.90. The first-order chi connectivity index (χ1) is 9.70. The maximum Gasteiger partial charge on any atom is 0.0991 e. The summed E-state index contributed by atoms with van der Waals surface area (Å²) in [5, 5.41) is 3.54. The molecule has 0 amide bonds. The summed E-state index contributed by atoms with van der Waals surface area (Å²) in [5.41, 5.74) is 2.42. The Morgan fingerprint density at radius 1 is 1.25 bits per heavy atom. The van der Waals surface area contributed by atoms with Gasteiger partial charge in [-0.05, 0) is 30.5 Å². The molecule has 0 spiro atoms. The first-order valence-corrected chi connectivity index (χ1v) is 7.01. The molecular formula is C16H23N3O. The van der Waals surface area contributed by atoms with Crippen LogP contribution in [0.4, 0.5) is 0 Å². The molecule has 4 heteroatoms. The standard InChI is InChI=1S/C16H23N3O/c1-13(11-20-3)10-18-14(2)15-4-6-16(7-5-15)19-9-8-17-12-19/h4-9,12-14,18H,10-11H2,1-3H3. The first-order valence-electron chi connectivity index (χ1n) is 7.01. The first kappa shape index (κ1) is 14.8. The fourth-order valence-electron chi connectivity index (χ4n) is 2.19. The Morgan fingerprint density at radius 3 is 2.60 bits per heavy atom. The number of aromatic nitrogens is 2. The molecule has 0 saturated carbocycles. The van der Waals surface area contributed by atoms with Crippen LogP contribution in [0.2, 0.25) is 0 Å². The SMILES string of the molecule is COCC(C)CNC(C)c1ccc(-n2ccnc2)cc1. The Morgan fingerprint density at radius 2 is 2.00 bits per heavy atom. The summed E-state index contributed by atoms with van der Waals surface area (Å²) >= 11 is 0. The van der Waals surface area contributed by atoms with E-state index in [-0.39, 0.29) is 0 Å². The number of hydrogen-bond donors (Lipinski definition) is 1. The number of nitrogens with zero attached hydrogens (tertiary/aromatic N) is 2. The van der Waals surface area contributed by atoms with Crippen molar-refractivity contribution in [2.45, 2.75) is 19.9 Å². The average Bonchev–Trinajstić information content (AvgIpc) is 2.99. The number of ether oxygens (including phenoxy) is 1. The molecule has 1 heterocycles. The molecule has 2 unspecified atom stereocenters. The fraction of sp³-hybridized carbons (Fsp3) is 0.438. The Hall–Kier alpha value is -1.65. The smallest absolute Gasteiger partial charge is 0.0991 e. The van der Waals surface area contributed by atoms with Gasteiger partial charge in [0.15, 0.2) is 0 Å². The maximum absolute atomic E-state index is 5.15. The molecule has 1 N–H and O–H groups in total. The van der Waals surface area contributed by atoms with Crippen LogP contribution in [-0.2, 0) is 4.74 Å². The van der Waals surface area contributed by atoms with E-state index in [4.69, 9.17) is 4.74 Å². The van der Waals surface area contributed by atoms with Gasteiger partial charge in [-0.15, -0.1) is 0 Å². The highest BCUT2D eigenvalue weighted by atomic mass is 16.5. The second-order valence-electron chi connectivity index (χ2n) is 5.25. The van der Waals surface area contributed by atoms with Crippen LogP contribution in [0.15, 0.2) is 43.0 Å². The lowest BCUT2D eigenvalue weighted by atomic mass is 10.1. The van der Waals surface area contributed by atoms with Gasteiger partial charge in [0.05, 0.1) is 6.33 Å². The fourth-order valence-corrected chi connectivity index (χ4v) is 2.19. The third-order valence-corrected chi connectivity index (χ3v) is 3.42. The van der Waals surface area contributed by atoms with Gasteiger partial charge in [0.25, 0.3) is 0 Å². The van der Waals surface area contributed by atoms with Crippen molar-refractivity contribution in [2.24, 2.45) is 5.92 Å². The van der Waals surface area contributed by atoms with Crippen molar-refractivity contribution in [2.75, 3.05) is 20.3 Å². The van der Waals surface area contributed by atoms with E-state index in [0.29, 0.717) is 12.0 Å². The van der Waals surface area contributed by atoms with Crippen LogP contribution in [0.1, 0.15) is 25.5 Å². The van der Waals surface area contributed by atoms with Crippen molar-refractivity contribution >= 4 is 0 Å². The van der Waals surface area contributed by atoms with Gasteiger partial charge in [-0.2, -0.15) is 0 Å². The molecule has 0 aliphatic heterocycles. The topological polar surface area (TPSA) is 39.1 Å². The predicted molar refractivity (Wildman–Crippen MR) is 81.0 cm³/mol. The highest BCUT2D eigenvalue weighted by Crippen LogP contribution is 2.15. The van der Waals surface area contributed by atoms with Crippen molar-refractivity contribution in [3.8, 4) is 5.69 Å². The number of methoxy groups -OCH3 is 1. The van der Waals surface area contributed by atoms with Crippen molar-refractivity contribution in [1.82, 2.24) is 14.9 Å². The Labute approximate surface area is 120 Å². The molecular weight excluding hydrogens is 250 g/mol. The van der Waals surface area contributed by atoms with Crippen LogP contribution in [0, 0.1) is 5.92 Å². The molecule has 108 valence electrons. The summed E-state index contributed by atoms with van der Waals surface area (Å²) in [7, 11) is 1.74. The lowest BCUT2D eigenvalue weighted by Gasteiger charge is -2.18. The Bertz CT molecular complexity index is 493. The molecule has 0 fully saturated rings. The maximum atomic E-state index is 5.15. The van der Waals surface area contributed by atoms with Gasteiger partial charge in [-0.1, -0.05) is 19.1 Å². The van der Waals surface area contributed by atoms with E-state index in [1.807, 2.05) is 17.1 Å². The quantitative estimate of drug-likeness (QED) is 0.843. The van der Waals surface area contributed by atoms with Gasteiger partial charge < -0.3 is 14.6 Å². The van der Waals surface area contributed by atoms with E-state index in [2.05, 4.69) is 48.4 Å². The normalized spacial score (nSPS) is 14.2. The molecule has 1 aromatic heterocycles. The van der Waals surface area contributed by atoms with Crippen LogP contribution in [0.5, 0.6) is 0 Å². The lowest BCUT2D eigenvalue weighted by molar-refractivity contribution is 0.157. The molecule has 0 aliphatic rings. The molecule has 2 atom stereocenters. The minimum Gasteiger partial charge on any atom is -0.384 e. The van der Waals surface area contributed by atoms with Crippen LogP contribution < -0.4 is 5.32 Å².